The highest BCUT2D eigenvalue weighted by atomic mass is 35.5. The average molecular weight is 439 g/mol. The Morgan fingerprint density at radius 1 is 1.04 bits per heavy atom. The number of sulfonamides is 1. The summed E-state index contributed by atoms with van der Waals surface area (Å²) >= 11 is 12.4. The van der Waals surface area contributed by atoms with Crippen LogP contribution in [0.2, 0.25) is 10.0 Å². The van der Waals surface area contributed by atoms with Crippen LogP contribution in [0.5, 0.6) is 5.75 Å². The third kappa shape index (κ3) is 3.84. The van der Waals surface area contributed by atoms with Gasteiger partial charge in [-0.2, -0.15) is 0 Å². The number of pyridine rings is 1. The zero-order chi connectivity index (χ0) is 20.6. The highest BCUT2D eigenvalue weighted by Gasteiger charge is 2.20. The molecule has 2 aromatic carbocycles. The van der Waals surface area contributed by atoms with E-state index in [-0.39, 0.29) is 21.2 Å². The fourth-order valence-corrected chi connectivity index (χ4v) is 3.97. The van der Waals surface area contributed by atoms with E-state index in [1.807, 2.05) is 0 Å². The number of aromatic nitrogens is 1. The quantitative estimate of drug-likeness (QED) is 0.447. The van der Waals surface area contributed by atoms with Crippen molar-refractivity contribution in [3.8, 4) is 5.75 Å². The molecule has 6 nitrogen and oxygen atoms in total. The van der Waals surface area contributed by atoms with Crippen molar-refractivity contribution in [2.45, 2.75) is 11.8 Å². The van der Waals surface area contributed by atoms with E-state index in [1.165, 1.54) is 44.4 Å². The average Bonchev–Trinajstić information content (AvgIpc) is 2.64. The van der Waals surface area contributed by atoms with Gasteiger partial charge in [-0.15, -0.1) is 0 Å². The molecular formula is C19H16Cl2N2O4S. The summed E-state index contributed by atoms with van der Waals surface area (Å²) < 4.78 is 30.8. The first-order valence-corrected chi connectivity index (χ1v) is 10.3. The van der Waals surface area contributed by atoms with Crippen LogP contribution >= 0.6 is 23.2 Å². The lowest BCUT2D eigenvalue weighted by Crippen LogP contribution is -2.22. The highest BCUT2D eigenvalue weighted by Crippen LogP contribution is 2.37. The molecule has 0 unspecified atom stereocenters. The highest BCUT2D eigenvalue weighted by molar-refractivity contribution is 7.89. The van der Waals surface area contributed by atoms with Gasteiger partial charge in [0.2, 0.25) is 10.0 Å². The molecule has 0 aliphatic rings. The summed E-state index contributed by atoms with van der Waals surface area (Å²) in [4.78, 5) is 17.0. The maximum atomic E-state index is 12.6. The van der Waals surface area contributed by atoms with E-state index in [4.69, 9.17) is 27.9 Å². The number of fused-ring (bicyclic) bond motifs is 1. The molecule has 3 rings (SSSR count). The molecule has 0 aliphatic carbocycles. The van der Waals surface area contributed by atoms with Gasteiger partial charge in [-0.1, -0.05) is 23.2 Å². The molecule has 0 aliphatic heterocycles. The molecule has 146 valence electrons. The van der Waals surface area contributed by atoms with Crippen LogP contribution in [-0.2, 0) is 10.0 Å². The second-order valence-corrected chi connectivity index (χ2v) is 9.19. The van der Waals surface area contributed by atoms with Gasteiger partial charge < -0.3 is 4.74 Å². The van der Waals surface area contributed by atoms with E-state index in [0.29, 0.717) is 21.6 Å². The van der Waals surface area contributed by atoms with Gasteiger partial charge in [-0.3, -0.25) is 0 Å². The fourth-order valence-electron chi connectivity index (χ4n) is 2.51. The van der Waals surface area contributed by atoms with Gasteiger partial charge >= 0.3 is 5.97 Å². The topological polar surface area (TPSA) is 76.6 Å². The summed E-state index contributed by atoms with van der Waals surface area (Å²) in [5, 5.41) is 1.15. The Kier molecular flexibility index (Phi) is 5.63. The number of benzene rings is 2. The summed E-state index contributed by atoms with van der Waals surface area (Å²) in [5.41, 5.74) is 1.25. The molecule has 0 spiro atoms. The Morgan fingerprint density at radius 2 is 1.68 bits per heavy atom. The zero-order valence-electron chi connectivity index (χ0n) is 15.2. The molecule has 0 radical (unpaired) electrons. The van der Waals surface area contributed by atoms with Gasteiger partial charge in [0, 0.05) is 25.2 Å². The maximum absolute atomic E-state index is 12.6. The molecule has 28 heavy (non-hydrogen) atoms. The molecule has 0 saturated heterocycles. The Labute approximate surface area is 172 Å². The van der Waals surface area contributed by atoms with Crippen LogP contribution in [0, 0.1) is 6.92 Å². The number of esters is 1. The summed E-state index contributed by atoms with van der Waals surface area (Å²) in [5.74, 6) is -0.595. The van der Waals surface area contributed by atoms with Gasteiger partial charge in [0.1, 0.15) is 5.52 Å². The van der Waals surface area contributed by atoms with E-state index >= 15 is 0 Å². The summed E-state index contributed by atoms with van der Waals surface area (Å²) in [7, 11) is -0.726. The lowest BCUT2D eigenvalue weighted by atomic mass is 10.2. The molecule has 3 aromatic rings. The molecular weight excluding hydrogens is 423 g/mol. The van der Waals surface area contributed by atoms with E-state index in [1.54, 1.807) is 19.1 Å². The van der Waals surface area contributed by atoms with Gasteiger partial charge in [-0.05, 0) is 49.4 Å². The second-order valence-electron chi connectivity index (χ2n) is 6.22. The first-order chi connectivity index (χ1) is 13.1. The lowest BCUT2D eigenvalue weighted by molar-refractivity contribution is 0.0736. The summed E-state index contributed by atoms with van der Waals surface area (Å²) in [6.07, 6.45) is 0. The SMILES string of the molecule is Cc1ccc2c(Cl)cc(Cl)c(OC(=O)c3ccc(S(=O)(=O)N(C)C)cc3)c2n1. The number of halogens is 2. The van der Waals surface area contributed by atoms with Crippen LogP contribution < -0.4 is 4.74 Å². The lowest BCUT2D eigenvalue weighted by Gasteiger charge is -2.12. The Hall–Kier alpha value is -2.19. The largest absolute Gasteiger partial charge is 0.419 e. The number of hydrogen-bond donors (Lipinski definition) is 0. The number of carbonyl (C=O) groups is 1. The van der Waals surface area contributed by atoms with Crippen LogP contribution in [0.15, 0.2) is 47.4 Å². The maximum Gasteiger partial charge on any atom is 0.343 e. The molecule has 0 atom stereocenters. The van der Waals surface area contributed by atoms with Crippen LogP contribution in [0.3, 0.4) is 0 Å². The molecule has 0 N–H and O–H groups in total. The smallest absolute Gasteiger partial charge is 0.343 e. The first-order valence-electron chi connectivity index (χ1n) is 8.11. The molecule has 0 bridgehead atoms. The van der Waals surface area contributed by atoms with Gasteiger partial charge in [0.05, 0.1) is 20.5 Å². The minimum absolute atomic E-state index is 0.0707. The van der Waals surface area contributed by atoms with Gasteiger partial charge in [0.15, 0.2) is 5.75 Å². The van der Waals surface area contributed by atoms with Crippen molar-refractivity contribution in [1.82, 2.24) is 9.29 Å². The standard InChI is InChI=1S/C19H16Cl2N2O4S/c1-11-4-9-14-15(20)10-16(21)18(17(14)22-11)27-19(24)12-5-7-13(8-6-12)28(25,26)23(2)3/h4-10H,1-3H3. The molecule has 1 aromatic heterocycles. The third-order valence-electron chi connectivity index (χ3n) is 4.04. The number of nitrogens with zero attached hydrogens (tertiary/aromatic N) is 2. The minimum atomic E-state index is -3.59. The molecule has 0 saturated carbocycles. The van der Waals surface area contributed by atoms with Gasteiger partial charge in [0.25, 0.3) is 0 Å². The number of hydrogen-bond acceptors (Lipinski definition) is 5. The van der Waals surface area contributed by atoms with Crippen molar-refractivity contribution in [1.29, 1.82) is 0 Å². The van der Waals surface area contributed by atoms with E-state index in [0.717, 1.165) is 4.31 Å². The summed E-state index contributed by atoms with van der Waals surface area (Å²) in [6.45, 7) is 1.80. The van der Waals surface area contributed by atoms with Crippen LogP contribution in [0.1, 0.15) is 16.1 Å². The predicted molar refractivity (Wildman–Crippen MR) is 109 cm³/mol. The third-order valence-corrected chi connectivity index (χ3v) is 6.46. The Morgan fingerprint density at radius 3 is 2.29 bits per heavy atom. The van der Waals surface area contributed by atoms with Crippen molar-refractivity contribution in [2.24, 2.45) is 0 Å². The Balaban J connectivity index is 1.97. The number of carbonyl (C=O) groups excluding carboxylic acids is 1. The zero-order valence-corrected chi connectivity index (χ0v) is 17.6. The minimum Gasteiger partial charge on any atom is -0.419 e. The fraction of sp³-hybridized carbons (Fsp3) is 0.158. The van der Waals surface area contributed by atoms with E-state index < -0.39 is 16.0 Å². The normalized spacial score (nSPS) is 11.8. The number of aryl methyl sites for hydroxylation is 1. The number of ether oxygens (including phenoxy) is 1. The molecule has 0 fully saturated rings. The number of rotatable bonds is 4. The van der Waals surface area contributed by atoms with Crippen molar-refractivity contribution >= 4 is 50.1 Å². The predicted octanol–water partition coefficient (Wildman–Crippen LogP) is 4.32. The molecule has 9 heteroatoms. The first kappa shape index (κ1) is 20.5. The Bertz CT molecular complexity index is 1180. The van der Waals surface area contributed by atoms with Gasteiger partial charge in [-0.25, -0.2) is 22.5 Å². The van der Waals surface area contributed by atoms with Crippen molar-refractivity contribution in [2.75, 3.05) is 14.1 Å². The van der Waals surface area contributed by atoms with Crippen molar-refractivity contribution in [3.63, 3.8) is 0 Å². The van der Waals surface area contributed by atoms with Crippen LogP contribution in [0.4, 0.5) is 0 Å². The van der Waals surface area contributed by atoms with E-state index in [2.05, 4.69) is 4.98 Å². The molecule has 1 heterocycles. The van der Waals surface area contributed by atoms with Crippen molar-refractivity contribution < 1.29 is 17.9 Å². The molecule has 0 amide bonds. The van der Waals surface area contributed by atoms with Crippen molar-refractivity contribution in [3.05, 3.63) is 63.8 Å². The second kappa shape index (κ2) is 7.67. The monoisotopic (exact) mass is 438 g/mol. The van der Waals surface area contributed by atoms with Crippen LogP contribution in [0.25, 0.3) is 10.9 Å². The van der Waals surface area contributed by atoms with E-state index in [9.17, 15) is 13.2 Å². The van der Waals surface area contributed by atoms with Crippen LogP contribution in [-0.4, -0.2) is 37.8 Å². The summed E-state index contributed by atoms with van der Waals surface area (Å²) in [6, 6.07) is 10.5.